The van der Waals surface area contributed by atoms with Gasteiger partial charge in [0, 0.05) is 18.7 Å². The molecule has 2 aromatic carbocycles. The summed E-state index contributed by atoms with van der Waals surface area (Å²) < 4.78 is 11.5. The summed E-state index contributed by atoms with van der Waals surface area (Å²) in [6.45, 7) is 7.87. The predicted molar refractivity (Wildman–Crippen MR) is 135 cm³/mol. The minimum absolute atomic E-state index is 0.0282. The molecule has 186 valence electrons. The summed E-state index contributed by atoms with van der Waals surface area (Å²) in [5, 5.41) is 3.10. The first-order valence-electron chi connectivity index (χ1n) is 12.4. The van der Waals surface area contributed by atoms with Crippen LogP contribution in [0.2, 0.25) is 0 Å². The van der Waals surface area contributed by atoms with E-state index < -0.39 is 0 Å². The Morgan fingerprint density at radius 1 is 1.06 bits per heavy atom. The largest absolute Gasteiger partial charge is 0.490 e. The van der Waals surface area contributed by atoms with Crippen molar-refractivity contribution in [3.05, 3.63) is 53.9 Å². The van der Waals surface area contributed by atoms with Crippen molar-refractivity contribution in [2.45, 2.75) is 46.1 Å². The highest BCUT2D eigenvalue weighted by Crippen LogP contribution is 2.30. The summed E-state index contributed by atoms with van der Waals surface area (Å²) >= 11 is 0. The number of nitrogens with one attached hydrogen (secondary N) is 2. The molecular weight excluding hydrogens is 444 g/mol. The number of ether oxygens (including phenoxy) is 2. The van der Waals surface area contributed by atoms with Crippen LogP contribution in [-0.4, -0.2) is 53.0 Å². The zero-order valence-electron chi connectivity index (χ0n) is 20.7. The molecule has 4 rings (SSSR count). The fourth-order valence-electron chi connectivity index (χ4n) is 4.31. The van der Waals surface area contributed by atoms with Crippen LogP contribution in [0.4, 0.5) is 0 Å². The van der Waals surface area contributed by atoms with E-state index in [1.165, 1.54) is 0 Å². The molecule has 2 amide bonds. The van der Waals surface area contributed by atoms with Gasteiger partial charge in [0.05, 0.1) is 23.7 Å². The molecule has 1 aliphatic heterocycles. The van der Waals surface area contributed by atoms with Crippen molar-refractivity contribution < 1.29 is 19.1 Å². The number of nitrogens with zero attached hydrogens (tertiary/aromatic N) is 2. The summed E-state index contributed by atoms with van der Waals surface area (Å²) in [5.41, 5.74) is 2.24. The fraction of sp³-hybridized carbons (Fsp3) is 0.444. The Morgan fingerprint density at radius 2 is 1.83 bits per heavy atom. The zero-order valence-corrected chi connectivity index (χ0v) is 20.7. The van der Waals surface area contributed by atoms with E-state index >= 15 is 0 Å². The number of benzene rings is 2. The molecular formula is C27H34N4O4. The van der Waals surface area contributed by atoms with E-state index in [-0.39, 0.29) is 30.4 Å². The standard InChI is InChI=1S/C27H34N4O4/c1-4-34-23-16-19(12-13-22(23)35-17-24(32)31-14-8-5-9-15-31)27(33)30-25(18(2)3)26-28-20-10-6-7-11-21(20)29-26/h6-7,10-13,16,18,25H,4-5,8-9,14-15,17H2,1-3H3,(H,28,29)(H,30,33). The van der Waals surface area contributed by atoms with Crippen LogP contribution >= 0.6 is 0 Å². The molecule has 1 fully saturated rings. The molecule has 1 aromatic heterocycles. The van der Waals surface area contributed by atoms with Gasteiger partial charge in [-0.2, -0.15) is 0 Å². The van der Waals surface area contributed by atoms with Crippen LogP contribution in [0.1, 0.15) is 62.3 Å². The maximum absolute atomic E-state index is 13.2. The van der Waals surface area contributed by atoms with Gasteiger partial charge in [-0.15, -0.1) is 0 Å². The molecule has 0 spiro atoms. The van der Waals surface area contributed by atoms with Gasteiger partial charge in [-0.05, 0) is 62.4 Å². The number of amides is 2. The van der Waals surface area contributed by atoms with Gasteiger partial charge in [0.2, 0.25) is 0 Å². The average Bonchev–Trinajstić information content (AvgIpc) is 3.30. The lowest BCUT2D eigenvalue weighted by Gasteiger charge is -2.26. The highest BCUT2D eigenvalue weighted by atomic mass is 16.5. The number of para-hydroxylation sites is 2. The molecule has 35 heavy (non-hydrogen) atoms. The first-order valence-corrected chi connectivity index (χ1v) is 12.4. The number of fused-ring (bicyclic) bond motifs is 1. The Hall–Kier alpha value is -3.55. The SMILES string of the molecule is CCOc1cc(C(=O)NC(c2nc3ccccc3[nH]2)C(C)C)ccc1OCC(=O)N1CCCCC1. The van der Waals surface area contributed by atoms with E-state index in [1.54, 1.807) is 18.2 Å². The van der Waals surface area contributed by atoms with Gasteiger partial charge in [0.15, 0.2) is 18.1 Å². The second-order valence-electron chi connectivity index (χ2n) is 9.16. The second-order valence-corrected chi connectivity index (χ2v) is 9.16. The van der Waals surface area contributed by atoms with E-state index in [9.17, 15) is 9.59 Å². The Morgan fingerprint density at radius 3 is 2.54 bits per heavy atom. The van der Waals surface area contributed by atoms with Crippen LogP contribution in [0.5, 0.6) is 11.5 Å². The third-order valence-corrected chi connectivity index (χ3v) is 6.22. The lowest BCUT2D eigenvalue weighted by atomic mass is 10.0. The normalized spacial score (nSPS) is 14.7. The number of rotatable bonds is 9. The first kappa shape index (κ1) is 24.6. The summed E-state index contributed by atoms with van der Waals surface area (Å²) in [6, 6.07) is 12.6. The van der Waals surface area contributed by atoms with Crippen LogP contribution in [0.15, 0.2) is 42.5 Å². The molecule has 0 bridgehead atoms. The number of hydrogen-bond donors (Lipinski definition) is 2. The fourth-order valence-corrected chi connectivity index (χ4v) is 4.31. The number of carbonyl (C=O) groups excluding carboxylic acids is 2. The van der Waals surface area contributed by atoms with E-state index in [4.69, 9.17) is 9.47 Å². The van der Waals surface area contributed by atoms with Crippen LogP contribution in [0.3, 0.4) is 0 Å². The Kier molecular flexibility index (Phi) is 7.90. The van der Waals surface area contributed by atoms with Crippen molar-refractivity contribution in [2.75, 3.05) is 26.3 Å². The lowest BCUT2D eigenvalue weighted by molar-refractivity contribution is -0.134. The van der Waals surface area contributed by atoms with E-state index in [0.29, 0.717) is 23.7 Å². The van der Waals surface area contributed by atoms with E-state index in [0.717, 1.165) is 49.2 Å². The third-order valence-electron chi connectivity index (χ3n) is 6.22. The molecule has 8 nitrogen and oxygen atoms in total. The molecule has 2 N–H and O–H groups in total. The smallest absolute Gasteiger partial charge is 0.260 e. The highest BCUT2D eigenvalue weighted by molar-refractivity contribution is 5.95. The molecule has 1 atom stereocenters. The molecule has 1 unspecified atom stereocenters. The quantitative estimate of drug-likeness (QED) is 0.473. The topological polar surface area (TPSA) is 96.5 Å². The van der Waals surface area contributed by atoms with Crippen molar-refractivity contribution in [3.8, 4) is 11.5 Å². The molecule has 0 aliphatic carbocycles. The maximum Gasteiger partial charge on any atom is 0.260 e. The Balaban J connectivity index is 1.47. The van der Waals surface area contributed by atoms with Crippen molar-refractivity contribution in [3.63, 3.8) is 0 Å². The number of aromatic nitrogens is 2. The molecule has 0 saturated carbocycles. The number of H-pyrrole nitrogens is 1. The first-order chi connectivity index (χ1) is 17.0. The zero-order chi connectivity index (χ0) is 24.8. The van der Waals surface area contributed by atoms with Gasteiger partial charge in [-0.3, -0.25) is 9.59 Å². The number of likely N-dealkylation sites (tertiary alicyclic amines) is 1. The summed E-state index contributed by atoms with van der Waals surface area (Å²) in [6.07, 6.45) is 3.23. The minimum atomic E-state index is -0.288. The van der Waals surface area contributed by atoms with Crippen molar-refractivity contribution in [1.82, 2.24) is 20.2 Å². The number of piperidine rings is 1. The minimum Gasteiger partial charge on any atom is -0.490 e. The predicted octanol–water partition coefficient (Wildman–Crippen LogP) is 4.48. The van der Waals surface area contributed by atoms with Gasteiger partial charge < -0.3 is 24.7 Å². The molecule has 1 aliphatic rings. The summed E-state index contributed by atoms with van der Waals surface area (Å²) in [7, 11) is 0. The van der Waals surface area contributed by atoms with Crippen LogP contribution in [0, 0.1) is 5.92 Å². The van der Waals surface area contributed by atoms with E-state index in [1.807, 2.05) is 49.9 Å². The molecule has 8 heteroatoms. The highest BCUT2D eigenvalue weighted by Gasteiger charge is 2.24. The Labute approximate surface area is 206 Å². The lowest BCUT2D eigenvalue weighted by Crippen LogP contribution is -2.38. The van der Waals surface area contributed by atoms with Crippen molar-refractivity contribution >= 4 is 22.8 Å². The molecule has 0 radical (unpaired) electrons. The number of hydrogen-bond acceptors (Lipinski definition) is 5. The monoisotopic (exact) mass is 478 g/mol. The maximum atomic E-state index is 13.2. The van der Waals surface area contributed by atoms with Crippen LogP contribution < -0.4 is 14.8 Å². The van der Waals surface area contributed by atoms with Gasteiger partial charge in [0.25, 0.3) is 11.8 Å². The second kappa shape index (κ2) is 11.3. The molecule has 2 heterocycles. The van der Waals surface area contributed by atoms with Gasteiger partial charge in [-0.25, -0.2) is 4.98 Å². The van der Waals surface area contributed by atoms with E-state index in [2.05, 4.69) is 15.3 Å². The van der Waals surface area contributed by atoms with Crippen LogP contribution in [-0.2, 0) is 4.79 Å². The summed E-state index contributed by atoms with van der Waals surface area (Å²) in [5.74, 6) is 1.47. The average molecular weight is 479 g/mol. The van der Waals surface area contributed by atoms with Gasteiger partial charge in [0.1, 0.15) is 5.82 Å². The molecule has 1 saturated heterocycles. The number of imidazole rings is 1. The van der Waals surface area contributed by atoms with Crippen LogP contribution in [0.25, 0.3) is 11.0 Å². The van der Waals surface area contributed by atoms with Gasteiger partial charge in [-0.1, -0.05) is 26.0 Å². The van der Waals surface area contributed by atoms with Gasteiger partial charge >= 0.3 is 0 Å². The number of carbonyl (C=O) groups is 2. The Bertz CT molecular complexity index is 1130. The third kappa shape index (κ3) is 5.93. The van der Waals surface area contributed by atoms with Crippen molar-refractivity contribution in [1.29, 1.82) is 0 Å². The summed E-state index contributed by atoms with van der Waals surface area (Å²) in [4.78, 5) is 35.5. The van der Waals surface area contributed by atoms with Crippen molar-refractivity contribution in [2.24, 2.45) is 5.92 Å². The molecule has 3 aromatic rings. The number of aromatic amines is 1.